The number of anilines is 1. The minimum atomic E-state index is -0.625. The number of amides is 1. The van der Waals surface area contributed by atoms with Crippen molar-refractivity contribution in [2.45, 2.75) is 32.4 Å². The topological polar surface area (TPSA) is 82.0 Å². The SMILES string of the molecule is COc1ccc(C(c2cccc(NC(=O)OC(C)(C)C)c2)n2cc3c(Cl)cccc3c2O)cc1OC. The third kappa shape index (κ3) is 5.21. The van der Waals surface area contributed by atoms with Crippen molar-refractivity contribution in [3.8, 4) is 17.4 Å². The van der Waals surface area contributed by atoms with Crippen LogP contribution in [0.3, 0.4) is 0 Å². The molecule has 1 heterocycles. The van der Waals surface area contributed by atoms with Gasteiger partial charge in [0.2, 0.25) is 0 Å². The molecule has 0 spiro atoms. The number of fused-ring (bicyclic) bond motifs is 1. The van der Waals surface area contributed by atoms with Crippen molar-refractivity contribution in [2.75, 3.05) is 19.5 Å². The van der Waals surface area contributed by atoms with Crippen LogP contribution in [-0.4, -0.2) is 35.6 Å². The Morgan fingerprint density at radius 3 is 2.31 bits per heavy atom. The highest BCUT2D eigenvalue weighted by molar-refractivity contribution is 6.35. The monoisotopic (exact) mass is 508 g/mol. The number of nitrogens with one attached hydrogen (secondary N) is 1. The molecular weight excluding hydrogens is 480 g/mol. The number of hydrogen-bond donors (Lipinski definition) is 2. The van der Waals surface area contributed by atoms with Gasteiger partial charge in [0.05, 0.1) is 25.3 Å². The van der Waals surface area contributed by atoms with Crippen LogP contribution >= 0.6 is 11.6 Å². The van der Waals surface area contributed by atoms with Gasteiger partial charge in [-0.2, -0.15) is 0 Å². The average Bonchev–Trinajstić information content (AvgIpc) is 3.15. The van der Waals surface area contributed by atoms with Gasteiger partial charge in [-0.25, -0.2) is 4.79 Å². The van der Waals surface area contributed by atoms with Gasteiger partial charge in [0.15, 0.2) is 17.4 Å². The summed E-state index contributed by atoms with van der Waals surface area (Å²) in [7, 11) is 3.15. The van der Waals surface area contributed by atoms with E-state index in [-0.39, 0.29) is 5.88 Å². The third-order valence-electron chi connectivity index (χ3n) is 5.66. The van der Waals surface area contributed by atoms with Gasteiger partial charge in [-0.3, -0.25) is 5.32 Å². The number of hydrogen-bond acceptors (Lipinski definition) is 5. The van der Waals surface area contributed by atoms with Crippen LogP contribution in [0.1, 0.15) is 37.9 Å². The number of aromatic nitrogens is 1. The van der Waals surface area contributed by atoms with Crippen molar-refractivity contribution in [1.29, 1.82) is 0 Å². The summed E-state index contributed by atoms with van der Waals surface area (Å²) in [5.41, 5.74) is 1.57. The molecule has 0 aliphatic rings. The molecule has 3 aromatic carbocycles. The van der Waals surface area contributed by atoms with Crippen LogP contribution in [0.5, 0.6) is 17.4 Å². The number of ether oxygens (including phenoxy) is 3. The molecule has 188 valence electrons. The second-order valence-corrected chi connectivity index (χ2v) is 9.74. The lowest BCUT2D eigenvalue weighted by Gasteiger charge is -2.23. The second kappa shape index (κ2) is 10.0. The molecular formula is C28H29ClN2O5. The molecule has 4 aromatic rings. The number of methoxy groups -OCH3 is 2. The van der Waals surface area contributed by atoms with Crippen LogP contribution in [0.25, 0.3) is 10.8 Å². The van der Waals surface area contributed by atoms with E-state index in [2.05, 4.69) is 5.32 Å². The lowest BCUT2D eigenvalue weighted by Crippen LogP contribution is -2.27. The van der Waals surface area contributed by atoms with E-state index in [0.29, 0.717) is 27.6 Å². The number of aromatic hydroxyl groups is 1. The van der Waals surface area contributed by atoms with E-state index in [1.165, 1.54) is 0 Å². The minimum absolute atomic E-state index is 0.0674. The first-order valence-corrected chi connectivity index (χ1v) is 11.8. The lowest BCUT2D eigenvalue weighted by molar-refractivity contribution is 0.0636. The lowest BCUT2D eigenvalue weighted by atomic mass is 9.97. The first-order chi connectivity index (χ1) is 17.1. The van der Waals surface area contributed by atoms with E-state index in [1.807, 2.05) is 48.7 Å². The highest BCUT2D eigenvalue weighted by atomic mass is 35.5. The number of nitrogens with zero attached hydrogens (tertiary/aromatic N) is 1. The zero-order chi connectivity index (χ0) is 26.0. The van der Waals surface area contributed by atoms with Crippen molar-refractivity contribution < 1.29 is 24.1 Å². The summed E-state index contributed by atoms with van der Waals surface area (Å²) >= 11 is 6.44. The largest absolute Gasteiger partial charge is 0.494 e. The maximum Gasteiger partial charge on any atom is 0.412 e. The molecule has 8 heteroatoms. The minimum Gasteiger partial charge on any atom is -0.494 e. The van der Waals surface area contributed by atoms with Gasteiger partial charge >= 0.3 is 6.09 Å². The molecule has 1 unspecified atom stereocenters. The molecule has 0 radical (unpaired) electrons. The Bertz CT molecular complexity index is 1410. The highest BCUT2D eigenvalue weighted by Gasteiger charge is 2.24. The molecule has 0 fully saturated rings. The van der Waals surface area contributed by atoms with Crippen LogP contribution in [0.2, 0.25) is 5.02 Å². The van der Waals surface area contributed by atoms with Gasteiger partial charge in [-0.1, -0.05) is 35.9 Å². The fraction of sp³-hybridized carbons (Fsp3) is 0.250. The van der Waals surface area contributed by atoms with E-state index in [1.54, 1.807) is 57.8 Å². The smallest absolute Gasteiger partial charge is 0.412 e. The van der Waals surface area contributed by atoms with Crippen molar-refractivity contribution >= 4 is 34.2 Å². The standard InChI is InChI=1S/C28H29ClN2O5/c1-28(2,3)36-27(33)30-19-9-6-8-17(14-19)25(18-12-13-23(34-4)24(15-18)35-5)31-16-21-20(26(31)32)10-7-11-22(21)29/h6-16,25,32H,1-5H3,(H,30,33). The van der Waals surface area contributed by atoms with Gasteiger partial charge in [-0.15, -0.1) is 0 Å². The molecule has 2 N–H and O–H groups in total. The molecule has 1 atom stereocenters. The van der Waals surface area contributed by atoms with Crippen LogP contribution in [-0.2, 0) is 4.74 Å². The number of halogens is 1. The van der Waals surface area contributed by atoms with Gasteiger partial charge in [0.1, 0.15) is 5.60 Å². The van der Waals surface area contributed by atoms with E-state index in [4.69, 9.17) is 25.8 Å². The van der Waals surface area contributed by atoms with Crippen molar-refractivity contribution in [3.63, 3.8) is 0 Å². The summed E-state index contributed by atoms with van der Waals surface area (Å²) in [6.07, 6.45) is 1.27. The van der Waals surface area contributed by atoms with Gasteiger partial charge < -0.3 is 23.9 Å². The van der Waals surface area contributed by atoms with Crippen molar-refractivity contribution in [1.82, 2.24) is 4.57 Å². The summed E-state index contributed by atoms with van der Waals surface area (Å²) in [6.45, 7) is 5.42. The Labute approximate surface area is 215 Å². The molecule has 1 amide bonds. The fourth-order valence-electron chi connectivity index (χ4n) is 4.14. The molecule has 36 heavy (non-hydrogen) atoms. The first kappa shape index (κ1) is 25.3. The molecule has 0 saturated heterocycles. The van der Waals surface area contributed by atoms with Gasteiger partial charge in [0, 0.05) is 22.7 Å². The molecule has 0 aliphatic carbocycles. The normalized spacial score (nSPS) is 12.3. The summed E-state index contributed by atoms with van der Waals surface area (Å²) < 4.78 is 18.1. The summed E-state index contributed by atoms with van der Waals surface area (Å²) in [5, 5.41) is 15.9. The van der Waals surface area contributed by atoms with Crippen LogP contribution < -0.4 is 14.8 Å². The summed E-state index contributed by atoms with van der Waals surface area (Å²) in [6, 6.07) is 17.9. The maximum absolute atomic E-state index is 12.4. The van der Waals surface area contributed by atoms with Crippen molar-refractivity contribution in [3.05, 3.63) is 83.0 Å². The Morgan fingerprint density at radius 1 is 0.944 bits per heavy atom. The molecule has 0 saturated carbocycles. The molecule has 0 bridgehead atoms. The summed E-state index contributed by atoms with van der Waals surface area (Å²) in [4.78, 5) is 12.4. The van der Waals surface area contributed by atoms with E-state index >= 15 is 0 Å². The van der Waals surface area contributed by atoms with Gasteiger partial charge in [-0.05, 0) is 68.3 Å². The molecule has 7 nitrogen and oxygen atoms in total. The predicted molar refractivity (Wildman–Crippen MR) is 142 cm³/mol. The predicted octanol–water partition coefficient (Wildman–Crippen LogP) is 7.00. The Morgan fingerprint density at radius 2 is 1.64 bits per heavy atom. The zero-order valence-electron chi connectivity index (χ0n) is 20.8. The quantitative estimate of drug-likeness (QED) is 0.293. The Balaban J connectivity index is 1.85. The first-order valence-electron chi connectivity index (χ1n) is 11.4. The van der Waals surface area contributed by atoms with E-state index < -0.39 is 17.7 Å². The number of carbonyl (C=O) groups excluding carboxylic acids is 1. The molecule has 4 rings (SSSR count). The third-order valence-corrected chi connectivity index (χ3v) is 5.99. The summed E-state index contributed by atoms with van der Waals surface area (Å²) in [5.74, 6) is 1.21. The zero-order valence-corrected chi connectivity index (χ0v) is 21.6. The average molecular weight is 509 g/mol. The second-order valence-electron chi connectivity index (χ2n) is 9.33. The fourth-order valence-corrected chi connectivity index (χ4v) is 4.37. The molecule has 1 aromatic heterocycles. The van der Waals surface area contributed by atoms with Crippen LogP contribution in [0, 0.1) is 0 Å². The van der Waals surface area contributed by atoms with Gasteiger partial charge in [0.25, 0.3) is 0 Å². The van der Waals surface area contributed by atoms with Crippen LogP contribution in [0.4, 0.5) is 10.5 Å². The molecule has 0 aliphatic heterocycles. The van der Waals surface area contributed by atoms with E-state index in [9.17, 15) is 9.90 Å². The Hall–Kier alpha value is -3.84. The number of rotatable bonds is 6. The number of carbonyl (C=O) groups is 1. The Kier molecular flexibility index (Phi) is 7.04. The van der Waals surface area contributed by atoms with Crippen molar-refractivity contribution in [2.24, 2.45) is 0 Å². The highest BCUT2D eigenvalue weighted by Crippen LogP contribution is 2.41. The maximum atomic E-state index is 12.4. The number of benzene rings is 3. The van der Waals surface area contributed by atoms with Crippen LogP contribution in [0.15, 0.2) is 66.9 Å². The van der Waals surface area contributed by atoms with E-state index in [0.717, 1.165) is 16.5 Å².